The summed E-state index contributed by atoms with van der Waals surface area (Å²) in [7, 11) is 0. The molecule has 0 heterocycles. The van der Waals surface area contributed by atoms with Gasteiger partial charge in [-0.3, -0.25) is 14.9 Å². The number of nitrogens with one attached hydrogen (secondary N) is 2. The molecule has 0 aliphatic rings. The van der Waals surface area contributed by atoms with Gasteiger partial charge in [0.1, 0.15) is 0 Å². The molecule has 3 N–H and O–H groups in total. The van der Waals surface area contributed by atoms with Crippen molar-refractivity contribution >= 4 is 11.9 Å². The summed E-state index contributed by atoms with van der Waals surface area (Å²) < 4.78 is 0. The van der Waals surface area contributed by atoms with Crippen LogP contribution in [0.2, 0.25) is 0 Å². The zero-order valence-corrected chi connectivity index (χ0v) is 13.0. The van der Waals surface area contributed by atoms with Gasteiger partial charge >= 0.3 is 5.97 Å². The quantitative estimate of drug-likeness (QED) is 0.588. The van der Waals surface area contributed by atoms with Gasteiger partial charge in [-0.15, -0.1) is 0 Å². The van der Waals surface area contributed by atoms with Crippen molar-refractivity contribution in [2.45, 2.75) is 66.0 Å². The van der Waals surface area contributed by atoms with Gasteiger partial charge in [0.15, 0.2) is 0 Å². The predicted octanol–water partition coefficient (Wildman–Crippen LogP) is 1.77. The number of carbonyl (C=O) groups is 2. The molecular weight excluding hydrogens is 244 g/mol. The maximum absolute atomic E-state index is 11.9. The maximum Gasteiger partial charge on any atom is 0.310 e. The van der Waals surface area contributed by atoms with Crippen LogP contribution in [0.15, 0.2) is 0 Å². The number of unbranched alkanes of at least 4 members (excludes halogenated alkanes) is 1. The molecule has 0 aromatic heterocycles. The molecule has 1 atom stereocenters. The number of aliphatic carboxylic acids is 1. The second-order valence-corrected chi connectivity index (χ2v) is 6.07. The van der Waals surface area contributed by atoms with Gasteiger partial charge in [-0.1, -0.05) is 13.3 Å². The van der Waals surface area contributed by atoms with Crippen molar-refractivity contribution in [2.24, 2.45) is 5.41 Å². The Morgan fingerprint density at radius 1 is 1.21 bits per heavy atom. The van der Waals surface area contributed by atoms with Crippen LogP contribution in [0, 0.1) is 5.41 Å². The van der Waals surface area contributed by atoms with Crippen molar-refractivity contribution in [1.82, 2.24) is 10.6 Å². The Hall–Kier alpha value is -1.10. The minimum atomic E-state index is -0.967. The highest BCUT2D eigenvalue weighted by atomic mass is 16.4. The molecule has 0 spiro atoms. The molecule has 0 bridgehead atoms. The Bertz CT molecular complexity index is 325. The molecule has 5 nitrogen and oxygen atoms in total. The molecule has 0 saturated carbocycles. The zero-order valence-electron chi connectivity index (χ0n) is 13.0. The number of rotatable bonds is 8. The average molecular weight is 272 g/mol. The lowest BCUT2D eigenvalue weighted by Gasteiger charge is -2.40. The molecule has 0 aliphatic heterocycles. The van der Waals surface area contributed by atoms with Gasteiger partial charge in [-0.2, -0.15) is 0 Å². The van der Waals surface area contributed by atoms with Crippen LogP contribution < -0.4 is 10.6 Å². The fourth-order valence-electron chi connectivity index (χ4n) is 1.60. The summed E-state index contributed by atoms with van der Waals surface area (Å²) in [6.07, 6.45) is 1.97. The molecule has 0 aliphatic carbocycles. The summed E-state index contributed by atoms with van der Waals surface area (Å²) in [5.74, 6) is -0.980. The van der Waals surface area contributed by atoms with E-state index in [9.17, 15) is 14.7 Å². The summed E-state index contributed by atoms with van der Waals surface area (Å²) in [6.45, 7) is 11.4. The molecule has 1 unspecified atom stereocenters. The van der Waals surface area contributed by atoms with E-state index >= 15 is 0 Å². The molecule has 112 valence electrons. The van der Waals surface area contributed by atoms with Crippen molar-refractivity contribution in [1.29, 1.82) is 0 Å². The van der Waals surface area contributed by atoms with E-state index in [1.807, 2.05) is 0 Å². The van der Waals surface area contributed by atoms with Gasteiger partial charge in [-0.25, -0.2) is 0 Å². The van der Waals surface area contributed by atoms with Crippen LogP contribution in [-0.4, -0.2) is 35.1 Å². The van der Waals surface area contributed by atoms with E-state index in [-0.39, 0.29) is 5.91 Å². The van der Waals surface area contributed by atoms with Crippen molar-refractivity contribution in [2.75, 3.05) is 6.54 Å². The van der Waals surface area contributed by atoms with Gasteiger partial charge in [0.2, 0.25) is 5.91 Å². The number of carboxylic acids is 1. The Labute approximate surface area is 116 Å². The normalized spacial score (nSPS) is 14.0. The monoisotopic (exact) mass is 272 g/mol. The Kier molecular flexibility index (Phi) is 6.49. The minimum absolute atomic E-state index is 0.0947. The molecule has 0 aromatic rings. The van der Waals surface area contributed by atoms with Crippen LogP contribution in [0.1, 0.15) is 54.4 Å². The lowest BCUT2D eigenvalue weighted by Crippen LogP contribution is -2.60. The molecule has 19 heavy (non-hydrogen) atoms. The van der Waals surface area contributed by atoms with Crippen LogP contribution in [0.3, 0.4) is 0 Å². The van der Waals surface area contributed by atoms with Crippen LogP contribution in [0.5, 0.6) is 0 Å². The lowest BCUT2D eigenvalue weighted by molar-refractivity contribution is -0.151. The first-order valence-corrected chi connectivity index (χ1v) is 6.85. The van der Waals surface area contributed by atoms with E-state index in [2.05, 4.69) is 17.6 Å². The van der Waals surface area contributed by atoms with Gasteiger partial charge < -0.3 is 10.4 Å². The number of amides is 1. The van der Waals surface area contributed by atoms with E-state index in [1.165, 1.54) is 0 Å². The van der Waals surface area contributed by atoms with Gasteiger partial charge in [0, 0.05) is 12.1 Å². The Morgan fingerprint density at radius 2 is 1.74 bits per heavy atom. The fraction of sp³-hybridized carbons (Fsp3) is 0.857. The average Bonchev–Trinajstić information content (AvgIpc) is 2.27. The lowest BCUT2D eigenvalue weighted by atomic mass is 9.74. The smallest absolute Gasteiger partial charge is 0.310 e. The van der Waals surface area contributed by atoms with Crippen molar-refractivity contribution in [3.8, 4) is 0 Å². The molecule has 0 fully saturated rings. The fourth-order valence-corrected chi connectivity index (χ4v) is 1.60. The number of hydrogen-bond donors (Lipinski definition) is 3. The highest BCUT2D eigenvalue weighted by Gasteiger charge is 2.44. The van der Waals surface area contributed by atoms with E-state index < -0.39 is 23.0 Å². The third-order valence-electron chi connectivity index (χ3n) is 3.90. The summed E-state index contributed by atoms with van der Waals surface area (Å²) in [6, 6.07) is -0.425. The van der Waals surface area contributed by atoms with Crippen molar-refractivity contribution in [3.63, 3.8) is 0 Å². The Morgan fingerprint density at radius 3 is 2.16 bits per heavy atom. The second-order valence-electron chi connectivity index (χ2n) is 6.07. The van der Waals surface area contributed by atoms with E-state index in [0.29, 0.717) is 6.54 Å². The first-order chi connectivity index (χ1) is 8.56. The largest absolute Gasteiger partial charge is 0.481 e. The standard InChI is InChI=1S/C14H28N2O3/c1-7-8-9-15-11(17)10(2)16-14(5,6)13(3,4)12(18)19/h10,16H,7-9H2,1-6H3,(H,15,17)(H,18,19). The van der Waals surface area contributed by atoms with Gasteiger partial charge in [0.25, 0.3) is 0 Å². The molecule has 0 rings (SSSR count). The van der Waals surface area contributed by atoms with Gasteiger partial charge in [-0.05, 0) is 41.0 Å². The third kappa shape index (κ3) is 4.82. The maximum atomic E-state index is 11.9. The minimum Gasteiger partial charge on any atom is -0.481 e. The topological polar surface area (TPSA) is 78.4 Å². The van der Waals surface area contributed by atoms with Crippen LogP contribution in [-0.2, 0) is 9.59 Å². The molecule has 5 heteroatoms. The summed E-state index contributed by atoms with van der Waals surface area (Å²) >= 11 is 0. The molecule has 0 radical (unpaired) electrons. The number of hydrogen-bond acceptors (Lipinski definition) is 3. The third-order valence-corrected chi connectivity index (χ3v) is 3.90. The SMILES string of the molecule is CCCCNC(=O)C(C)NC(C)(C)C(C)(C)C(=O)O. The van der Waals surface area contributed by atoms with Crippen molar-refractivity contribution < 1.29 is 14.7 Å². The van der Waals surface area contributed by atoms with Crippen molar-refractivity contribution in [3.05, 3.63) is 0 Å². The molecular formula is C14H28N2O3. The summed E-state index contributed by atoms with van der Waals surface area (Å²) in [5.41, 5.74) is -1.66. The highest BCUT2D eigenvalue weighted by Crippen LogP contribution is 2.31. The van der Waals surface area contributed by atoms with Crippen LogP contribution in [0.25, 0.3) is 0 Å². The van der Waals surface area contributed by atoms with E-state index in [4.69, 9.17) is 0 Å². The first kappa shape index (κ1) is 17.9. The zero-order chi connectivity index (χ0) is 15.3. The predicted molar refractivity (Wildman–Crippen MR) is 76.0 cm³/mol. The molecule has 1 amide bonds. The summed E-state index contributed by atoms with van der Waals surface area (Å²) in [4.78, 5) is 23.2. The summed E-state index contributed by atoms with van der Waals surface area (Å²) in [5, 5.41) is 15.2. The molecule has 0 aromatic carbocycles. The number of carboxylic acid groups (broad SMARTS) is 1. The highest BCUT2D eigenvalue weighted by molar-refractivity contribution is 5.81. The number of carbonyl (C=O) groups excluding carboxylic acids is 1. The second kappa shape index (κ2) is 6.89. The Balaban J connectivity index is 4.57. The van der Waals surface area contributed by atoms with Crippen LogP contribution >= 0.6 is 0 Å². The van der Waals surface area contributed by atoms with Crippen LogP contribution in [0.4, 0.5) is 0 Å². The molecule has 0 saturated heterocycles. The first-order valence-electron chi connectivity index (χ1n) is 6.85. The van der Waals surface area contributed by atoms with E-state index in [0.717, 1.165) is 12.8 Å². The van der Waals surface area contributed by atoms with E-state index in [1.54, 1.807) is 34.6 Å². The van der Waals surface area contributed by atoms with Gasteiger partial charge in [0.05, 0.1) is 11.5 Å².